The number of fused-ring (bicyclic) bond motifs is 1. The highest BCUT2D eigenvalue weighted by atomic mass is 79.9. The van der Waals surface area contributed by atoms with Gasteiger partial charge in [0, 0.05) is 30.0 Å². The van der Waals surface area contributed by atoms with Crippen molar-refractivity contribution >= 4 is 21.9 Å². The topological polar surface area (TPSA) is 38.2 Å². The van der Waals surface area contributed by atoms with Crippen LogP contribution in [0.25, 0.3) is 0 Å². The maximum atomic E-state index is 14.0. The van der Waals surface area contributed by atoms with Gasteiger partial charge in [-0.15, -0.1) is 0 Å². The minimum atomic E-state index is -0.667. The molecule has 2 atom stereocenters. The van der Waals surface area contributed by atoms with Crippen LogP contribution >= 0.6 is 15.9 Å². The second kappa shape index (κ2) is 7.10. The largest absolute Gasteiger partial charge is 0.484 e. The van der Waals surface area contributed by atoms with Crippen molar-refractivity contribution in [2.24, 2.45) is 11.8 Å². The highest BCUT2D eigenvalue weighted by Gasteiger charge is 2.43. The Kier molecular flexibility index (Phi) is 4.82. The number of hydrogen-bond acceptors (Lipinski definition) is 4. The SMILES string of the molecule is CCc1cnc(N2CC3CC(Oc4c(F)cc(Br)cc4F)CC3C2)nc1. The van der Waals surface area contributed by atoms with Gasteiger partial charge in [-0.3, -0.25) is 0 Å². The molecule has 4 rings (SSSR count). The molecular weight excluding hydrogens is 404 g/mol. The molecule has 2 fully saturated rings. The molecule has 4 nitrogen and oxygen atoms in total. The van der Waals surface area contributed by atoms with Crippen molar-refractivity contribution in [3.05, 3.63) is 46.2 Å². The molecule has 1 aliphatic carbocycles. The summed E-state index contributed by atoms with van der Waals surface area (Å²) in [6.45, 7) is 3.80. The fraction of sp³-hybridized carbons (Fsp3) is 0.474. The third kappa shape index (κ3) is 3.41. The number of anilines is 1. The zero-order valence-corrected chi connectivity index (χ0v) is 16.0. The van der Waals surface area contributed by atoms with Gasteiger partial charge in [-0.05, 0) is 48.8 Å². The summed E-state index contributed by atoms with van der Waals surface area (Å²) in [6.07, 6.45) is 6.11. The lowest BCUT2D eigenvalue weighted by Crippen LogP contribution is -2.26. The summed E-state index contributed by atoms with van der Waals surface area (Å²) in [5.74, 6) is 0.0413. The standard InChI is InChI=1S/C19H20BrF2N3O/c1-2-11-7-23-19(24-8-11)25-9-12-3-15(4-13(12)10-25)26-18-16(21)5-14(20)6-17(18)22/h5-8,12-13,15H,2-4,9-10H2,1H3. The molecule has 1 aromatic heterocycles. The van der Waals surface area contributed by atoms with Crippen molar-refractivity contribution in [3.8, 4) is 5.75 Å². The van der Waals surface area contributed by atoms with E-state index in [0.717, 1.165) is 43.9 Å². The third-order valence-corrected chi connectivity index (χ3v) is 5.80. The van der Waals surface area contributed by atoms with Crippen LogP contribution in [0.3, 0.4) is 0 Å². The smallest absolute Gasteiger partial charge is 0.225 e. The Hall–Kier alpha value is -1.76. The molecule has 0 amide bonds. The number of benzene rings is 1. The number of aryl methyl sites for hydroxylation is 1. The van der Waals surface area contributed by atoms with Crippen LogP contribution in [0.2, 0.25) is 0 Å². The second-order valence-electron chi connectivity index (χ2n) is 7.08. The molecule has 1 saturated heterocycles. The summed E-state index contributed by atoms with van der Waals surface area (Å²) in [6, 6.07) is 2.46. The van der Waals surface area contributed by atoms with Crippen molar-refractivity contribution < 1.29 is 13.5 Å². The monoisotopic (exact) mass is 423 g/mol. The summed E-state index contributed by atoms with van der Waals surface area (Å²) in [5.41, 5.74) is 1.13. The molecule has 1 aromatic carbocycles. The summed E-state index contributed by atoms with van der Waals surface area (Å²) >= 11 is 3.08. The molecule has 138 valence electrons. The zero-order chi connectivity index (χ0) is 18.3. The number of hydrogen-bond donors (Lipinski definition) is 0. The van der Waals surface area contributed by atoms with Gasteiger partial charge < -0.3 is 9.64 Å². The first-order valence-electron chi connectivity index (χ1n) is 8.90. The van der Waals surface area contributed by atoms with Crippen molar-refractivity contribution in [2.75, 3.05) is 18.0 Å². The second-order valence-corrected chi connectivity index (χ2v) is 8.00. The van der Waals surface area contributed by atoms with Crippen LogP contribution < -0.4 is 9.64 Å². The van der Waals surface area contributed by atoms with Gasteiger partial charge in [0.15, 0.2) is 17.4 Å². The van der Waals surface area contributed by atoms with E-state index < -0.39 is 11.6 Å². The number of aromatic nitrogens is 2. The predicted molar refractivity (Wildman–Crippen MR) is 98.3 cm³/mol. The summed E-state index contributed by atoms with van der Waals surface area (Å²) in [7, 11) is 0. The predicted octanol–water partition coefficient (Wildman–Crippen LogP) is 4.37. The van der Waals surface area contributed by atoms with Crippen LogP contribution in [-0.2, 0) is 6.42 Å². The number of halogens is 3. The molecule has 1 saturated carbocycles. The number of rotatable bonds is 4. The Morgan fingerprint density at radius 3 is 2.23 bits per heavy atom. The van der Waals surface area contributed by atoms with E-state index >= 15 is 0 Å². The molecule has 2 heterocycles. The average molecular weight is 424 g/mol. The molecule has 0 radical (unpaired) electrons. The highest BCUT2D eigenvalue weighted by molar-refractivity contribution is 9.10. The maximum Gasteiger partial charge on any atom is 0.225 e. The molecule has 0 N–H and O–H groups in total. The summed E-state index contributed by atoms with van der Waals surface area (Å²) < 4.78 is 34.0. The quantitative estimate of drug-likeness (QED) is 0.731. The Balaban J connectivity index is 1.39. The van der Waals surface area contributed by atoms with Gasteiger partial charge in [-0.25, -0.2) is 18.7 Å². The number of nitrogens with zero attached hydrogens (tertiary/aromatic N) is 3. The van der Waals surface area contributed by atoms with Crippen molar-refractivity contribution in [1.29, 1.82) is 0 Å². The Morgan fingerprint density at radius 2 is 1.69 bits per heavy atom. The van der Waals surface area contributed by atoms with Crippen LogP contribution in [-0.4, -0.2) is 29.2 Å². The van der Waals surface area contributed by atoms with Crippen LogP contribution in [0, 0.1) is 23.5 Å². The van der Waals surface area contributed by atoms with Crippen LogP contribution in [0.4, 0.5) is 14.7 Å². The Bertz CT molecular complexity index is 765. The van der Waals surface area contributed by atoms with E-state index in [2.05, 4.69) is 37.7 Å². The van der Waals surface area contributed by atoms with E-state index in [4.69, 9.17) is 4.74 Å². The van der Waals surface area contributed by atoms with Crippen LogP contribution in [0.1, 0.15) is 25.3 Å². The first-order chi connectivity index (χ1) is 12.5. The van der Waals surface area contributed by atoms with Crippen molar-refractivity contribution in [3.63, 3.8) is 0 Å². The molecule has 2 aromatic rings. The van der Waals surface area contributed by atoms with Gasteiger partial charge in [0.05, 0.1) is 6.10 Å². The van der Waals surface area contributed by atoms with E-state index in [1.165, 1.54) is 12.1 Å². The van der Waals surface area contributed by atoms with Crippen molar-refractivity contribution in [1.82, 2.24) is 9.97 Å². The van der Waals surface area contributed by atoms with Crippen molar-refractivity contribution in [2.45, 2.75) is 32.3 Å². The summed E-state index contributed by atoms with van der Waals surface area (Å²) in [4.78, 5) is 11.1. The van der Waals surface area contributed by atoms with E-state index in [-0.39, 0.29) is 11.9 Å². The average Bonchev–Trinajstić information content (AvgIpc) is 3.16. The van der Waals surface area contributed by atoms with Crippen LogP contribution in [0.15, 0.2) is 29.0 Å². The van der Waals surface area contributed by atoms with E-state index in [1.807, 2.05) is 12.4 Å². The molecular formula is C19H20BrF2N3O. The number of ether oxygens (including phenoxy) is 1. The molecule has 0 bridgehead atoms. The van der Waals surface area contributed by atoms with Gasteiger partial charge in [0.25, 0.3) is 0 Å². The first-order valence-corrected chi connectivity index (χ1v) is 9.69. The fourth-order valence-electron chi connectivity index (χ4n) is 4.01. The lowest BCUT2D eigenvalue weighted by Gasteiger charge is -2.20. The minimum Gasteiger partial charge on any atom is -0.484 e. The normalized spacial score (nSPS) is 24.8. The Labute approximate surface area is 159 Å². The van der Waals surface area contributed by atoms with Gasteiger partial charge in [0.2, 0.25) is 5.95 Å². The van der Waals surface area contributed by atoms with Gasteiger partial charge in [0.1, 0.15) is 0 Å². The molecule has 1 aliphatic heterocycles. The molecule has 26 heavy (non-hydrogen) atoms. The van der Waals surface area contributed by atoms with E-state index in [0.29, 0.717) is 16.3 Å². The highest BCUT2D eigenvalue weighted by Crippen LogP contribution is 2.41. The fourth-order valence-corrected chi connectivity index (χ4v) is 4.41. The lowest BCUT2D eigenvalue weighted by molar-refractivity contribution is 0.182. The third-order valence-electron chi connectivity index (χ3n) is 5.34. The first kappa shape index (κ1) is 17.6. The Morgan fingerprint density at radius 1 is 1.12 bits per heavy atom. The minimum absolute atomic E-state index is 0.152. The van der Waals surface area contributed by atoms with E-state index in [9.17, 15) is 8.78 Å². The van der Waals surface area contributed by atoms with Gasteiger partial charge >= 0.3 is 0 Å². The molecule has 0 spiro atoms. The van der Waals surface area contributed by atoms with Gasteiger partial charge in [-0.1, -0.05) is 22.9 Å². The van der Waals surface area contributed by atoms with Gasteiger partial charge in [-0.2, -0.15) is 0 Å². The molecule has 7 heteroatoms. The van der Waals surface area contributed by atoms with Crippen LogP contribution in [0.5, 0.6) is 5.75 Å². The van der Waals surface area contributed by atoms with E-state index in [1.54, 1.807) is 0 Å². The maximum absolute atomic E-state index is 14.0. The lowest BCUT2D eigenvalue weighted by atomic mass is 10.0. The summed E-state index contributed by atoms with van der Waals surface area (Å²) in [5, 5.41) is 0. The molecule has 2 aliphatic rings. The molecule has 2 unspecified atom stereocenters. The zero-order valence-electron chi connectivity index (χ0n) is 14.5.